The number of sulfonamides is 1. The molecule has 2 heterocycles. The molecule has 0 radical (unpaired) electrons. The van der Waals surface area contributed by atoms with Crippen LogP contribution in [0.3, 0.4) is 0 Å². The Balaban J connectivity index is 2.24. The maximum atomic E-state index is 12.4. The van der Waals surface area contributed by atoms with E-state index in [2.05, 4.69) is 4.72 Å². The molecule has 20 heavy (non-hydrogen) atoms. The summed E-state index contributed by atoms with van der Waals surface area (Å²) in [5.41, 5.74) is 5.55. The van der Waals surface area contributed by atoms with Crippen LogP contribution < -0.4 is 10.5 Å². The first kappa shape index (κ1) is 15.9. The van der Waals surface area contributed by atoms with Crippen molar-refractivity contribution < 1.29 is 8.42 Å². The van der Waals surface area contributed by atoms with Gasteiger partial charge in [-0.05, 0) is 32.0 Å². The molecule has 8 heteroatoms. The molecular formula is C12H15ClN2O2S3. The number of nitrogens with one attached hydrogen (secondary N) is 1. The monoisotopic (exact) mass is 350 g/mol. The third-order valence-electron chi connectivity index (χ3n) is 2.77. The molecule has 0 aliphatic heterocycles. The van der Waals surface area contributed by atoms with Gasteiger partial charge in [-0.25, -0.2) is 13.1 Å². The van der Waals surface area contributed by atoms with E-state index in [0.29, 0.717) is 15.8 Å². The second-order valence-electron chi connectivity index (χ2n) is 4.32. The largest absolute Gasteiger partial charge is 0.326 e. The topological polar surface area (TPSA) is 72.2 Å². The van der Waals surface area contributed by atoms with Gasteiger partial charge in [-0.2, -0.15) is 0 Å². The van der Waals surface area contributed by atoms with Gasteiger partial charge in [0.15, 0.2) is 0 Å². The van der Waals surface area contributed by atoms with E-state index in [-0.39, 0.29) is 6.04 Å². The van der Waals surface area contributed by atoms with E-state index in [1.54, 1.807) is 26.0 Å². The Labute approximate surface area is 131 Å². The zero-order valence-electron chi connectivity index (χ0n) is 11.0. The van der Waals surface area contributed by atoms with Gasteiger partial charge in [-0.15, -0.1) is 22.7 Å². The molecular weight excluding hydrogens is 336 g/mol. The minimum Gasteiger partial charge on any atom is -0.326 e. The van der Waals surface area contributed by atoms with Crippen LogP contribution in [0.5, 0.6) is 0 Å². The number of hydrogen-bond donors (Lipinski definition) is 2. The molecule has 110 valence electrons. The van der Waals surface area contributed by atoms with Gasteiger partial charge < -0.3 is 5.73 Å². The maximum Gasteiger partial charge on any atom is 0.242 e. The molecule has 0 amide bonds. The van der Waals surface area contributed by atoms with Crippen LogP contribution in [0.25, 0.3) is 0 Å². The van der Waals surface area contributed by atoms with Crippen LogP contribution in [0.4, 0.5) is 0 Å². The van der Waals surface area contributed by atoms with Crippen LogP contribution in [-0.4, -0.2) is 8.42 Å². The predicted molar refractivity (Wildman–Crippen MR) is 85.0 cm³/mol. The highest BCUT2D eigenvalue weighted by molar-refractivity contribution is 7.89. The molecule has 0 aromatic carbocycles. The van der Waals surface area contributed by atoms with Crippen molar-refractivity contribution in [3.05, 3.63) is 37.2 Å². The Kier molecular flexibility index (Phi) is 4.88. The third kappa shape index (κ3) is 3.41. The van der Waals surface area contributed by atoms with E-state index in [4.69, 9.17) is 17.3 Å². The number of thiophene rings is 2. The number of hydrogen-bond acceptors (Lipinski definition) is 5. The molecule has 3 N–H and O–H groups in total. The van der Waals surface area contributed by atoms with Crippen LogP contribution in [-0.2, 0) is 16.6 Å². The van der Waals surface area contributed by atoms with Crippen molar-refractivity contribution >= 4 is 44.3 Å². The number of aryl methyl sites for hydroxylation is 1. The number of rotatable bonds is 5. The molecule has 0 saturated carbocycles. The smallest absolute Gasteiger partial charge is 0.242 e. The van der Waals surface area contributed by atoms with Crippen LogP contribution in [0.1, 0.15) is 27.6 Å². The second kappa shape index (κ2) is 6.13. The third-order valence-corrected chi connectivity index (χ3v) is 7.05. The van der Waals surface area contributed by atoms with Crippen molar-refractivity contribution in [2.75, 3.05) is 0 Å². The molecule has 1 unspecified atom stereocenters. The van der Waals surface area contributed by atoms with Crippen LogP contribution in [0.2, 0.25) is 4.34 Å². The SMILES string of the molecule is Cc1sc(CN)cc1S(=O)(=O)NC(C)c1ccc(Cl)s1. The fraction of sp³-hybridized carbons (Fsp3) is 0.333. The molecule has 2 aromatic heterocycles. The quantitative estimate of drug-likeness (QED) is 0.869. The van der Waals surface area contributed by atoms with Crippen LogP contribution in [0.15, 0.2) is 23.1 Å². The highest BCUT2D eigenvalue weighted by Crippen LogP contribution is 2.30. The fourth-order valence-electron chi connectivity index (χ4n) is 1.81. The molecule has 2 rings (SSSR count). The van der Waals surface area contributed by atoms with E-state index in [1.165, 1.54) is 22.7 Å². The van der Waals surface area contributed by atoms with Gasteiger partial charge in [-0.3, -0.25) is 0 Å². The Morgan fingerprint density at radius 3 is 2.60 bits per heavy atom. The van der Waals surface area contributed by atoms with Gasteiger partial charge in [-0.1, -0.05) is 11.6 Å². The summed E-state index contributed by atoms with van der Waals surface area (Å²) in [6, 6.07) is 4.90. The Morgan fingerprint density at radius 1 is 1.40 bits per heavy atom. The lowest BCUT2D eigenvalue weighted by atomic mass is 10.3. The molecule has 0 spiro atoms. The summed E-state index contributed by atoms with van der Waals surface area (Å²) in [4.78, 5) is 2.78. The summed E-state index contributed by atoms with van der Waals surface area (Å²) < 4.78 is 28.1. The molecule has 1 atom stereocenters. The van der Waals surface area contributed by atoms with Gasteiger partial charge in [0.05, 0.1) is 15.3 Å². The van der Waals surface area contributed by atoms with E-state index in [1.807, 2.05) is 6.07 Å². The predicted octanol–water partition coefficient (Wildman–Crippen LogP) is 3.27. The second-order valence-corrected chi connectivity index (χ2v) is 9.09. The lowest BCUT2D eigenvalue weighted by Crippen LogP contribution is -2.26. The van der Waals surface area contributed by atoms with E-state index in [9.17, 15) is 8.42 Å². The molecule has 2 aromatic rings. The normalized spacial score (nSPS) is 13.6. The molecule has 0 bridgehead atoms. The average Bonchev–Trinajstić information content (AvgIpc) is 2.95. The average molecular weight is 351 g/mol. The minimum absolute atomic E-state index is 0.303. The number of halogens is 1. The van der Waals surface area contributed by atoms with Crippen molar-refractivity contribution in [2.45, 2.75) is 31.3 Å². The van der Waals surface area contributed by atoms with Crippen LogP contribution >= 0.6 is 34.3 Å². The van der Waals surface area contributed by atoms with Crippen molar-refractivity contribution in [1.82, 2.24) is 4.72 Å². The summed E-state index contributed by atoms with van der Waals surface area (Å²) in [6.07, 6.45) is 0. The standard InChI is InChI=1S/C12H15ClN2O2S3/c1-7(10-3-4-12(13)19-10)15-20(16,17)11-5-9(6-14)18-8(11)2/h3-5,7,15H,6,14H2,1-2H3. The fourth-order valence-corrected chi connectivity index (χ4v) is 5.68. The maximum absolute atomic E-state index is 12.4. The molecule has 0 aliphatic carbocycles. The first-order valence-electron chi connectivity index (χ1n) is 5.90. The highest BCUT2D eigenvalue weighted by Gasteiger charge is 2.23. The lowest BCUT2D eigenvalue weighted by molar-refractivity contribution is 0.568. The first-order chi connectivity index (χ1) is 9.33. The van der Waals surface area contributed by atoms with E-state index in [0.717, 1.165) is 14.6 Å². The van der Waals surface area contributed by atoms with Gasteiger partial charge in [0.25, 0.3) is 0 Å². The highest BCUT2D eigenvalue weighted by atomic mass is 35.5. The first-order valence-corrected chi connectivity index (χ1v) is 9.40. The van der Waals surface area contributed by atoms with Gasteiger partial charge in [0.2, 0.25) is 10.0 Å². The van der Waals surface area contributed by atoms with E-state index < -0.39 is 10.0 Å². The summed E-state index contributed by atoms with van der Waals surface area (Å²) in [5.74, 6) is 0. The summed E-state index contributed by atoms with van der Waals surface area (Å²) in [5, 5.41) is 0. The Morgan fingerprint density at radius 2 is 2.10 bits per heavy atom. The minimum atomic E-state index is -3.55. The Hall–Kier alpha value is -0.440. The van der Waals surface area contributed by atoms with Crippen molar-refractivity contribution in [3.8, 4) is 0 Å². The molecule has 0 saturated heterocycles. The van der Waals surface area contributed by atoms with Crippen LogP contribution in [0, 0.1) is 6.92 Å². The molecule has 0 aliphatic rings. The van der Waals surface area contributed by atoms with Crippen molar-refractivity contribution in [2.24, 2.45) is 5.73 Å². The van der Waals surface area contributed by atoms with E-state index >= 15 is 0 Å². The summed E-state index contributed by atoms with van der Waals surface area (Å²) in [7, 11) is -3.55. The molecule has 4 nitrogen and oxygen atoms in total. The Bertz CT molecular complexity index is 706. The summed E-state index contributed by atoms with van der Waals surface area (Å²) >= 11 is 8.64. The van der Waals surface area contributed by atoms with Gasteiger partial charge in [0, 0.05) is 21.2 Å². The van der Waals surface area contributed by atoms with Crippen molar-refractivity contribution in [1.29, 1.82) is 0 Å². The lowest BCUT2D eigenvalue weighted by Gasteiger charge is -2.12. The van der Waals surface area contributed by atoms with Gasteiger partial charge in [0.1, 0.15) is 0 Å². The van der Waals surface area contributed by atoms with Gasteiger partial charge >= 0.3 is 0 Å². The number of nitrogens with two attached hydrogens (primary N) is 1. The van der Waals surface area contributed by atoms with Crippen molar-refractivity contribution in [3.63, 3.8) is 0 Å². The summed E-state index contributed by atoms with van der Waals surface area (Å²) in [6.45, 7) is 3.92. The zero-order chi connectivity index (χ0) is 14.9. The zero-order valence-corrected chi connectivity index (χ0v) is 14.2. The molecule has 0 fully saturated rings.